The summed E-state index contributed by atoms with van der Waals surface area (Å²) in [5.41, 5.74) is 5.73. The molecule has 0 bridgehead atoms. The van der Waals surface area contributed by atoms with Crippen LogP contribution in [0.3, 0.4) is 0 Å². The lowest BCUT2D eigenvalue weighted by molar-refractivity contribution is 0.0300. The van der Waals surface area contributed by atoms with Crippen molar-refractivity contribution in [3.63, 3.8) is 0 Å². The lowest BCUT2D eigenvalue weighted by atomic mass is 10.1. The summed E-state index contributed by atoms with van der Waals surface area (Å²) in [6, 6.07) is 0.278. The minimum Gasteiger partial charge on any atom is -0.380 e. The van der Waals surface area contributed by atoms with E-state index in [1.54, 1.807) is 7.11 Å². The quantitative estimate of drug-likeness (QED) is 0.671. The van der Waals surface area contributed by atoms with E-state index >= 15 is 0 Å². The van der Waals surface area contributed by atoms with Gasteiger partial charge in [-0.05, 0) is 26.3 Å². The van der Waals surface area contributed by atoms with Crippen molar-refractivity contribution < 1.29 is 4.74 Å². The number of piperidine rings is 1. The van der Waals surface area contributed by atoms with Crippen molar-refractivity contribution in [1.29, 1.82) is 0 Å². The van der Waals surface area contributed by atoms with Crippen LogP contribution in [0.2, 0.25) is 0 Å². The van der Waals surface area contributed by atoms with Gasteiger partial charge in [0.15, 0.2) is 0 Å². The summed E-state index contributed by atoms with van der Waals surface area (Å²) in [4.78, 5) is 2.39. The molecule has 1 saturated heterocycles. The molecule has 1 fully saturated rings. The molecule has 0 aliphatic carbocycles. The summed E-state index contributed by atoms with van der Waals surface area (Å²) in [6.07, 6.45) is 2.87. The molecule has 0 radical (unpaired) electrons. The standard InChI is InChI=1S/C9H20N2O/c1-8(10)6-11-5-3-4-9(7-11)12-2/h8-9H,3-7,10H2,1-2H3. The number of hydrogen-bond donors (Lipinski definition) is 1. The summed E-state index contributed by atoms with van der Waals surface area (Å²) < 4.78 is 5.32. The van der Waals surface area contributed by atoms with Gasteiger partial charge in [-0.1, -0.05) is 0 Å². The molecule has 0 spiro atoms. The predicted molar refractivity (Wildman–Crippen MR) is 50.1 cm³/mol. The highest BCUT2D eigenvalue weighted by Crippen LogP contribution is 2.11. The molecule has 72 valence electrons. The molecule has 1 aliphatic rings. The molecule has 1 heterocycles. The maximum absolute atomic E-state index is 5.73. The number of rotatable bonds is 3. The highest BCUT2D eigenvalue weighted by molar-refractivity contribution is 4.74. The van der Waals surface area contributed by atoms with E-state index in [-0.39, 0.29) is 6.04 Å². The van der Waals surface area contributed by atoms with E-state index in [0.717, 1.165) is 13.1 Å². The Morgan fingerprint density at radius 1 is 1.67 bits per heavy atom. The molecule has 0 aromatic carbocycles. The number of likely N-dealkylation sites (tertiary alicyclic amines) is 1. The second kappa shape index (κ2) is 4.80. The van der Waals surface area contributed by atoms with Gasteiger partial charge in [0.2, 0.25) is 0 Å². The average Bonchev–Trinajstić information content (AvgIpc) is 2.03. The summed E-state index contributed by atoms with van der Waals surface area (Å²) in [7, 11) is 1.79. The average molecular weight is 172 g/mol. The molecule has 12 heavy (non-hydrogen) atoms. The topological polar surface area (TPSA) is 38.5 Å². The first-order chi connectivity index (χ1) is 5.72. The maximum Gasteiger partial charge on any atom is 0.0698 e. The maximum atomic E-state index is 5.73. The molecule has 1 aliphatic heterocycles. The van der Waals surface area contributed by atoms with Gasteiger partial charge in [0.05, 0.1) is 6.10 Å². The van der Waals surface area contributed by atoms with Crippen molar-refractivity contribution in [1.82, 2.24) is 4.90 Å². The van der Waals surface area contributed by atoms with Gasteiger partial charge in [-0.15, -0.1) is 0 Å². The fourth-order valence-corrected chi connectivity index (χ4v) is 1.78. The van der Waals surface area contributed by atoms with Gasteiger partial charge in [0.25, 0.3) is 0 Å². The van der Waals surface area contributed by atoms with Crippen LogP contribution in [-0.4, -0.2) is 43.8 Å². The minimum atomic E-state index is 0.278. The Bertz CT molecular complexity index is 128. The van der Waals surface area contributed by atoms with Crippen LogP contribution in [0.1, 0.15) is 19.8 Å². The van der Waals surface area contributed by atoms with Crippen molar-refractivity contribution in [3.8, 4) is 0 Å². The SMILES string of the molecule is COC1CCCN(CC(C)N)C1. The van der Waals surface area contributed by atoms with Crippen LogP contribution in [0.4, 0.5) is 0 Å². The fourth-order valence-electron chi connectivity index (χ4n) is 1.78. The van der Waals surface area contributed by atoms with Crippen LogP contribution in [0.15, 0.2) is 0 Å². The molecule has 1 rings (SSSR count). The minimum absolute atomic E-state index is 0.278. The predicted octanol–water partition coefficient (Wildman–Crippen LogP) is 0.444. The van der Waals surface area contributed by atoms with Gasteiger partial charge in [-0.2, -0.15) is 0 Å². The van der Waals surface area contributed by atoms with Gasteiger partial charge in [-0.3, -0.25) is 4.90 Å². The molecule has 2 N–H and O–H groups in total. The second-order valence-electron chi connectivity index (χ2n) is 3.74. The molecular weight excluding hydrogens is 152 g/mol. The van der Waals surface area contributed by atoms with Crippen LogP contribution >= 0.6 is 0 Å². The smallest absolute Gasteiger partial charge is 0.0698 e. The Morgan fingerprint density at radius 2 is 2.42 bits per heavy atom. The van der Waals surface area contributed by atoms with Crippen LogP contribution in [0.5, 0.6) is 0 Å². The molecule has 2 atom stereocenters. The van der Waals surface area contributed by atoms with Gasteiger partial charge in [0, 0.05) is 26.2 Å². The first-order valence-electron chi connectivity index (χ1n) is 4.73. The van der Waals surface area contributed by atoms with Crippen molar-refractivity contribution >= 4 is 0 Å². The molecule has 0 aromatic heterocycles. The van der Waals surface area contributed by atoms with E-state index in [2.05, 4.69) is 11.8 Å². The lowest BCUT2D eigenvalue weighted by Crippen LogP contribution is -2.44. The summed E-state index contributed by atoms with van der Waals surface area (Å²) in [6.45, 7) is 5.29. The third-order valence-corrected chi connectivity index (χ3v) is 2.34. The Balaban J connectivity index is 2.25. The summed E-state index contributed by atoms with van der Waals surface area (Å²) in [5, 5.41) is 0. The molecular formula is C9H20N2O. The van der Waals surface area contributed by atoms with E-state index < -0.39 is 0 Å². The van der Waals surface area contributed by atoms with Crippen molar-refractivity contribution in [2.24, 2.45) is 5.73 Å². The zero-order chi connectivity index (χ0) is 8.97. The number of methoxy groups -OCH3 is 1. The van der Waals surface area contributed by atoms with Gasteiger partial charge in [-0.25, -0.2) is 0 Å². The molecule has 2 unspecified atom stereocenters. The Morgan fingerprint density at radius 3 is 3.00 bits per heavy atom. The van der Waals surface area contributed by atoms with Crippen molar-refractivity contribution in [2.75, 3.05) is 26.7 Å². The molecule has 0 saturated carbocycles. The molecule has 0 aromatic rings. The third-order valence-electron chi connectivity index (χ3n) is 2.34. The number of ether oxygens (including phenoxy) is 1. The fraction of sp³-hybridized carbons (Fsp3) is 1.00. The van der Waals surface area contributed by atoms with Crippen LogP contribution < -0.4 is 5.73 Å². The van der Waals surface area contributed by atoms with E-state index in [1.807, 2.05) is 0 Å². The van der Waals surface area contributed by atoms with E-state index in [4.69, 9.17) is 10.5 Å². The third kappa shape index (κ3) is 3.09. The monoisotopic (exact) mass is 172 g/mol. The second-order valence-corrected chi connectivity index (χ2v) is 3.74. The zero-order valence-corrected chi connectivity index (χ0v) is 8.12. The van der Waals surface area contributed by atoms with Crippen molar-refractivity contribution in [3.05, 3.63) is 0 Å². The van der Waals surface area contributed by atoms with E-state index in [0.29, 0.717) is 6.10 Å². The largest absolute Gasteiger partial charge is 0.380 e. The Labute approximate surface area is 74.9 Å². The molecule has 3 nitrogen and oxygen atoms in total. The summed E-state index contributed by atoms with van der Waals surface area (Å²) >= 11 is 0. The Hall–Kier alpha value is -0.120. The lowest BCUT2D eigenvalue weighted by Gasteiger charge is -2.32. The highest BCUT2D eigenvalue weighted by atomic mass is 16.5. The molecule has 3 heteroatoms. The van der Waals surface area contributed by atoms with Crippen LogP contribution in [0, 0.1) is 0 Å². The van der Waals surface area contributed by atoms with Crippen LogP contribution in [-0.2, 0) is 4.74 Å². The summed E-state index contributed by atoms with van der Waals surface area (Å²) in [5.74, 6) is 0. The number of hydrogen-bond acceptors (Lipinski definition) is 3. The Kier molecular flexibility index (Phi) is 3.98. The van der Waals surface area contributed by atoms with Gasteiger partial charge in [0.1, 0.15) is 0 Å². The first kappa shape index (κ1) is 9.96. The van der Waals surface area contributed by atoms with Gasteiger partial charge >= 0.3 is 0 Å². The zero-order valence-electron chi connectivity index (χ0n) is 8.12. The first-order valence-corrected chi connectivity index (χ1v) is 4.73. The van der Waals surface area contributed by atoms with Crippen LogP contribution in [0.25, 0.3) is 0 Å². The number of nitrogens with zero attached hydrogens (tertiary/aromatic N) is 1. The van der Waals surface area contributed by atoms with Gasteiger partial charge < -0.3 is 10.5 Å². The van der Waals surface area contributed by atoms with E-state index in [1.165, 1.54) is 19.4 Å². The normalized spacial score (nSPS) is 28.8. The van der Waals surface area contributed by atoms with E-state index in [9.17, 15) is 0 Å². The molecule has 0 amide bonds. The highest BCUT2D eigenvalue weighted by Gasteiger charge is 2.19. The van der Waals surface area contributed by atoms with Crippen molar-refractivity contribution in [2.45, 2.75) is 31.9 Å². The number of nitrogens with two attached hydrogens (primary N) is 1.